The van der Waals surface area contributed by atoms with Gasteiger partial charge in [-0.1, -0.05) is 6.07 Å². The van der Waals surface area contributed by atoms with Crippen molar-refractivity contribution >= 4 is 40.6 Å². The molecule has 2 aromatic rings. The highest BCUT2D eigenvalue weighted by Gasteiger charge is 2.36. The molecule has 0 radical (unpaired) electrons. The predicted octanol–water partition coefficient (Wildman–Crippen LogP) is 4.06. The van der Waals surface area contributed by atoms with E-state index in [0.29, 0.717) is 41.7 Å². The summed E-state index contributed by atoms with van der Waals surface area (Å²) in [5.74, 6) is 0.443. The van der Waals surface area contributed by atoms with Crippen molar-refractivity contribution < 1.29 is 28.6 Å². The van der Waals surface area contributed by atoms with Gasteiger partial charge in [-0.25, -0.2) is 0 Å². The van der Waals surface area contributed by atoms with Gasteiger partial charge in [0.25, 0.3) is 11.1 Å². The first-order chi connectivity index (χ1) is 16.4. The summed E-state index contributed by atoms with van der Waals surface area (Å²) in [6.07, 6.45) is 1.55. The van der Waals surface area contributed by atoms with Crippen molar-refractivity contribution in [2.75, 3.05) is 31.7 Å². The maximum atomic E-state index is 12.8. The number of anilines is 1. The normalized spacial score (nSPS) is 14.1. The Hall–Kier alpha value is -3.97. The van der Waals surface area contributed by atoms with Crippen LogP contribution in [-0.2, 0) is 9.59 Å². The Balaban J connectivity index is 1.68. The molecule has 1 aliphatic heterocycles. The second-order valence-corrected chi connectivity index (χ2v) is 7.85. The SMILES string of the molecule is CCOc1ccc(NC(=O)CN2C(=O)SC(=Cc3ccc(OCC#N)c(OCC)c3)C2=O)cc1. The predicted molar refractivity (Wildman–Crippen MR) is 128 cm³/mol. The minimum atomic E-state index is -0.556. The van der Waals surface area contributed by atoms with Crippen molar-refractivity contribution in [2.24, 2.45) is 0 Å². The number of nitrogens with zero attached hydrogens (tertiary/aromatic N) is 2. The zero-order valence-corrected chi connectivity index (χ0v) is 19.5. The lowest BCUT2D eigenvalue weighted by atomic mass is 10.2. The molecule has 0 aliphatic carbocycles. The number of benzene rings is 2. The van der Waals surface area contributed by atoms with Crippen LogP contribution in [0, 0.1) is 11.3 Å². The molecule has 2 aromatic carbocycles. The Morgan fingerprint density at radius 1 is 1.06 bits per heavy atom. The maximum Gasteiger partial charge on any atom is 0.294 e. The van der Waals surface area contributed by atoms with E-state index >= 15 is 0 Å². The highest BCUT2D eigenvalue weighted by Crippen LogP contribution is 2.34. The number of rotatable bonds is 10. The number of nitriles is 1. The summed E-state index contributed by atoms with van der Waals surface area (Å²) < 4.78 is 16.2. The Bertz CT molecular complexity index is 1140. The summed E-state index contributed by atoms with van der Waals surface area (Å²) in [4.78, 5) is 38.6. The molecule has 1 N–H and O–H groups in total. The van der Waals surface area contributed by atoms with Crippen molar-refractivity contribution in [2.45, 2.75) is 13.8 Å². The van der Waals surface area contributed by atoms with Gasteiger partial charge >= 0.3 is 0 Å². The van der Waals surface area contributed by atoms with Crippen LogP contribution in [0.3, 0.4) is 0 Å². The van der Waals surface area contributed by atoms with Crippen molar-refractivity contribution in [3.8, 4) is 23.3 Å². The monoisotopic (exact) mass is 481 g/mol. The van der Waals surface area contributed by atoms with Crippen LogP contribution < -0.4 is 19.5 Å². The molecule has 0 spiro atoms. The molecule has 34 heavy (non-hydrogen) atoms. The third kappa shape index (κ3) is 6.30. The zero-order valence-electron chi connectivity index (χ0n) is 18.7. The molecule has 1 fully saturated rings. The summed E-state index contributed by atoms with van der Waals surface area (Å²) >= 11 is 0.757. The Kier molecular flexibility index (Phi) is 8.54. The maximum absolute atomic E-state index is 12.8. The molecule has 3 amide bonds. The average Bonchev–Trinajstić information content (AvgIpc) is 3.07. The van der Waals surface area contributed by atoms with E-state index < -0.39 is 23.6 Å². The molecule has 1 aliphatic rings. The number of thioether (sulfide) groups is 1. The van der Waals surface area contributed by atoms with Gasteiger partial charge in [-0.2, -0.15) is 5.26 Å². The van der Waals surface area contributed by atoms with Crippen LogP contribution in [0.1, 0.15) is 19.4 Å². The van der Waals surface area contributed by atoms with E-state index in [0.717, 1.165) is 16.7 Å². The molecule has 0 unspecified atom stereocenters. The van der Waals surface area contributed by atoms with Gasteiger partial charge in [-0.05, 0) is 73.6 Å². The second-order valence-electron chi connectivity index (χ2n) is 6.86. The van der Waals surface area contributed by atoms with Gasteiger partial charge < -0.3 is 19.5 Å². The van der Waals surface area contributed by atoms with Crippen molar-refractivity contribution in [1.82, 2.24) is 4.90 Å². The zero-order chi connectivity index (χ0) is 24.5. The topological polar surface area (TPSA) is 118 Å². The standard InChI is InChI=1S/C24H23N3O6S/c1-3-31-18-8-6-17(7-9-18)26-22(28)15-27-23(29)21(34-24(27)30)14-16-5-10-19(33-12-11-25)20(13-16)32-4-2/h5-10,13-14H,3-4,12,15H2,1-2H3,(H,26,28). The van der Waals surface area contributed by atoms with Gasteiger partial charge in [0, 0.05) is 5.69 Å². The Morgan fingerprint density at radius 2 is 1.79 bits per heavy atom. The fourth-order valence-electron chi connectivity index (χ4n) is 3.04. The van der Waals surface area contributed by atoms with Gasteiger partial charge in [-0.3, -0.25) is 19.3 Å². The molecule has 1 heterocycles. The summed E-state index contributed by atoms with van der Waals surface area (Å²) in [5.41, 5.74) is 1.13. The molecule has 0 aromatic heterocycles. The van der Waals surface area contributed by atoms with E-state index in [2.05, 4.69) is 5.32 Å². The number of carbonyl (C=O) groups excluding carboxylic acids is 3. The molecule has 9 nitrogen and oxygen atoms in total. The summed E-state index contributed by atoms with van der Waals surface area (Å²) in [6, 6.07) is 13.6. The third-order valence-corrected chi connectivity index (χ3v) is 5.39. The van der Waals surface area contributed by atoms with Crippen LogP contribution >= 0.6 is 11.8 Å². The van der Waals surface area contributed by atoms with E-state index in [1.165, 1.54) is 0 Å². The van der Waals surface area contributed by atoms with Crippen molar-refractivity contribution in [3.05, 3.63) is 52.9 Å². The molecule has 0 bridgehead atoms. The number of hydrogen-bond donors (Lipinski definition) is 1. The van der Waals surface area contributed by atoms with Gasteiger partial charge in [0.15, 0.2) is 18.1 Å². The fourth-order valence-corrected chi connectivity index (χ4v) is 3.88. The highest BCUT2D eigenvalue weighted by molar-refractivity contribution is 8.18. The number of hydrogen-bond acceptors (Lipinski definition) is 8. The molecule has 176 valence electrons. The highest BCUT2D eigenvalue weighted by atomic mass is 32.2. The molecule has 0 saturated carbocycles. The quantitative estimate of drug-likeness (QED) is 0.505. The van der Waals surface area contributed by atoms with E-state index in [-0.39, 0.29) is 11.5 Å². The molecule has 0 atom stereocenters. The second kappa shape index (κ2) is 11.8. The van der Waals surface area contributed by atoms with Crippen LogP contribution in [0.15, 0.2) is 47.4 Å². The van der Waals surface area contributed by atoms with Crippen molar-refractivity contribution in [1.29, 1.82) is 5.26 Å². The first-order valence-electron chi connectivity index (χ1n) is 10.5. The van der Waals surface area contributed by atoms with E-state index in [1.54, 1.807) is 48.5 Å². The van der Waals surface area contributed by atoms with Gasteiger partial charge in [0.05, 0.1) is 18.1 Å². The molecular formula is C24H23N3O6S. The number of carbonyl (C=O) groups is 3. The van der Waals surface area contributed by atoms with Crippen LogP contribution in [0.5, 0.6) is 17.2 Å². The van der Waals surface area contributed by atoms with Crippen LogP contribution in [0.25, 0.3) is 6.08 Å². The first kappa shape index (κ1) is 24.7. The summed E-state index contributed by atoms with van der Waals surface area (Å²) in [5, 5.41) is 10.8. The van der Waals surface area contributed by atoms with Crippen LogP contribution in [-0.4, -0.2) is 48.3 Å². The minimum absolute atomic E-state index is 0.128. The largest absolute Gasteiger partial charge is 0.494 e. The third-order valence-electron chi connectivity index (χ3n) is 4.48. The lowest BCUT2D eigenvalue weighted by molar-refractivity contribution is -0.127. The number of ether oxygens (including phenoxy) is 3. The molecule has 10 heteroatoms. The van der Waals surface area contributed by atoms with E-state index in [1.807, 2.05) is 19.9 Å². The van der Waals surface area contributed by atoms with Gasteiger partial charge in [-0.15, -0.1) is 0 Å². The molecule has 3 rings (SSSR count). The number of nitrogens with one attached hydrogen (secondary N) is 1. The first-order valence-corrected chi connectivity index (χ1v) is 11.3. The minimum Gasteiger partial charge on any atom is -0.494 e. The summed E-state index contributed by atoms with van der Waals surface area (Å²) in [7, 11) is 0. The lowest BCUT2D eigenvalue weighted by Crippen LogP contribution is -2.36. The van der Waals surface area contributed by atoms with E-state index in [4.69, 9.17) is 19.5 Å². The average molecular weight is 482 g/mol. The number of imide groups is 1. The summed E-state index contributed by atoms with van der Waals surface area (Å²) in [6.45, 7) is 4.07. The Labute approximate surface area is 201 Å². The molecular weight excluding hydrogens is 458 g/mol. The van der Waals surface area contributed by atoms with Gasteiger partial charge in [0.2, 0.25) is 5.91 Å². The lowest BCUT2D eigenvalue weighted by Gasteiger charge is -2.13. The van der Waals surface area contributed by atoms with Crippen molar-refractivity contribution in [3.63, 3.8) is 0 Å². The van der Waals surface area contributed by atoms with Gasteiger partial charge in [0.1, 0.15) is 18.4 Å². The Morgan fingerprint density at radius 3 is 2.47 bits per heavy atom. The van der Waals surface area contributed by atoms with Crippen LogP contribution in [0.4, 0.5) is 10.5 Å². The number of amides is 3. The fraction of sp³-hybridized carbons (Fsp3) is 0.250. The smallest absolute Gasteiger partial charge is 0.294 e. The van der Waals surface area contributed by atoms with Crippen LogP contribution in [0.2, 0.25) is 0 Å². The van der Waals surface area contributed by atoms with E-state index in [9.17, 15) is 14.4 Å². The molecule has 1 saturated heterocycles.